The summed E-state index contributed by atoms with van der Waals surface area (Å²) < 4.78 is 13.1. The normalized spacial score (nSPS) is 17.2. The molecule has 1 saturated heterocycles. The van der Waals surface area contributed by atoms with E-state index in [1.165, 1.54) is 12.1 Å². The van der Waals surface area contributed by atoms with E-state index < -0.39 is 0 Å². The highest BCUT2D eigenvalue weighted by Gasteiger charge is 2.34. The summed E-state index contributed by atoms with van der Waals surface area (Å²) in [6.07, 6.45) is 0.207. The van der Waals surface area contributed by atoms with Crippen LogP contribution in [0.15, 0.2) is 48.5 Å². The fourth-order valence-electron chi connectivity index (χ4n) is 2.91. The first-order chi connectivity index (χ1) is 11.5. The molecule has 24 heavy (non-hydrogen) atoms. The predicted molar refractivity (Wildman–Crippen MR) is 89.7 cm³/mol. The Labute approximate surface area is 140 Å². The van der Waals surface area contributed by atoms with Crippen LogP contribution in [0.5, 0.6) is 0 Å². The average molecular weight is 326 g/mol. The van der Waals surface area contributed by atoms with E-state index in [9.17, 15) is 14.0 Å². The Hall–Kier alpha value is -2.69. The largest absolute Gasteiger partial charge is 0.338 e. The maximum Gasteiger partial charge on any atom is 0.229 e. The Morgan fingerprint density at radius 3 is 2.71 bits per heavy atom. The molecule has 0 spiro atoms. The van der Waals surface area contributed by atoms with Crippen LogP contribution in [0.2, 0.25) is 0 Å². The summed E-state index contributed by atoms with van der Waals surface area (Å²) in [5.74, 6) is -0.940. The molecule has 3 rings (SSSR count). The third-order valence-corrected chi connectivity index (χ3v) is 4.25. The van der Waals surface area contributed by atoms with Gasteiger partial charge in [-0.25, -0.2) is 4.39 Å². The molecule has 2 aromatic carbocycles. The van der Waals surface area contributed by atoms with Gasteiger partial charge in [-0.15, -0.1) is 0 Å². The van der Waals surface area contributed by atoms with Crippen LogP contribution in [-0.2, 0) is 16.1 Å². The van der Waals surface area contributed by atoms with Crippen molar-refractivity contribution in [3.63, 3.8) is 0 Å². The van der Waals surface area contributed by atoms with Crippen molar-refractivity contribution in [2.75, 3.05) is 11.9 Å². The summed E-state index contributed by atoms with van der Waals surface area (Å²) in [4.78, 5) is 26.3. The van der Waals surface area contributed by atoms with Gasteiger partial charge in [-0.05, 0) is 36.2 Å². The van der Waals surface area contributed by atoms with Gasteiger partial charge in [-0.3, -0.25) is 9.59 Å². The van der Waals surface area contributed by atoms with Crippen LogP contribution in [-0.4, -0.2) is 23.3 Å². The minimum Gasteiger partial charge on any atom is -0.338 e. The number of nitrogens with one attached hydrogen (secondary N) is 1. The third kappa shape index (κ3) is 3.62. The molecule has 0 saturated carbocycles. The molecule has 4 nitrogen and oxygen atoms in total. The minimum atomic E-state index is -0.384. The maximum absolute atomic E-state index is 13.1. The van der Waals surface area contributed by atoms with E-state index in [1.54, 1.807) is 17.9 Å². The van der Waals surface area contributed by atoms with Crippen LogP contribution in [0, 0.1) is 18.7 Å². The number of rotatable bonds is 4. The molecule has 1 aliphatic rings. The molecule has 1 N–H and O–H groups in total. The van der Waals surface area contributed by atoms with Crippen molar-refractivity contribution >= 4 is 17.5 Å². The lowest BCUT2D eigenvalue weighted by molar-refractivity contribution is -0.128. The summed E-state index contributed by atoms with van der Waals surface area (Å²) >= 11 is 0. The number of likely N-dealkylation sites (tertiary alicyclic amines) is 1. The van der Waals surface area contributed by atoms with Gasteiger partial charge in [0.05, 0.1) is 5.92 Å². The van der Waals surface area contributed by atoms with Crippen LogP contribution in [0.3, 0.4) is 0 Å². The topological polar surface area (TPSA) is 49.4 Å². The molecular weight excluding hydrogens is 307 g/mol. The maximum atomic E-state index is 13.1. The third-order valence-electron chi connectivity index (χ3n) is 4.25. The van der Waals surface area contributed by atoms with E-state index in [-0.39, 0.29) is 30.0 Å². The number of amides is 2. The summed E-state index contributed by atoms with van der Waals surface area (Å²) in [6, 6.07) is 13.9. The van der Waals surface area contributed by atoms with E-state index in [1.807, 2.05) is 30.3 Å². The molecule has 2 amide bonds. The van der Waals surface area contributed by atoms with Gasteiger partial charge >= 0.3 is 0 Å². The SMILES string of the molecule is Cc1cc(F)ccc1NC(=O)[C@@H]1CC(=O)N(Cc2ccccc2)C1. The van der Waals surface area contributed by atoms with Crippen molar-refractivity contribution in [3.05, 3.63) is 65.5 Å². The highest BCUT2D eigenvalue weighted by atomic mass is 19.1. The summed E-state index contributed by atoms with van der Waals surface area (Å²) in [7, 11) is 0. The lowest BCUT2D eigenvalue weighted by Crippen LogP contribution is -2.28. The second kappa shape index (κ2) is 6.83. The number of benzene rings is 2. The highest BCUT2D eigenvalue weighted by Crippen LogP contribution is 2.23. The van der Waals surface area contributed by atoms with E-state index in [4.69, 9.17) is 0 Å². The number of halogens is 1. The number of carbonyl (C=O) groups excluding carboxylic acids is 2. The fraction of sp³-hybridized carbons (Fsp3) is 0.263. The first-order valence-corrected chi connectivity index (χ1v) is 7.91. The number of hydrogen-bond donors (Lipinski definition) is 1. The standard InChI is InChI=1S/C19H19FN2O2/c1-13-9-16(20)7-8-17(13)21-19(24)15-10-18(23)22(12-15)11-14-5-3-2-4-6-14/h2-9,15H,10-12H2,1H3,(H,21,24)/t15-/m1/s1. The molecule has 0 radical (unpaired) electrons. The molecule has 2 aromatic rings. The van der Waals surface area contributed by atoms with E-state index in [0.717, 1.165) is 5.56 Å². The Morgan fingerprint density at radius 1 is 1.25 bits per heavy atom. The first kappa shape index (κ1) is 16.2. The smallest absolute Gasteiger partial charge is 0.229 e. The second-order valence-corrected chi connectivity index (χ2v) is 6.11. The lowest BCUT2D eigenvalue weighted by Gasteiger charge is -2.17. The molecule has 0 aromatic heterocycles. The average Bonchev–Trinajstić information content (AvgIpc) is 2.92. The number of aryl methyl sites for hydroxylation is 1. The Bertz CT molecular complexity index is 761. The molecule has 1 aliphatic heterocycles. The van der Waals surface area contributed by atoms with Gasteiger partial charge in [-0.2, -0.15) is 0 Å². The van der Waals surface area contributed by atoms with Crippen molar-refractivity contribution in [2.45, 2.75) is 19.9 Å². The van der Waals surface area contributed by atoms with Crippen LogP contribution in [0.25, 0.3) is 0 Å². The molecule has 1 atom stereocenters. The Balaban J connectivity index is 1.63. The van der Waals surface area contributed by atoms with Gasteiger partial charge in [0.15, 0.2) is 0 Å². The van der Waals surface area contributed by atoms with E-state index >= 15 is 0 Å². The van der Waals surface area contributed by atoms with E-state index in [2.05, 4.69) is 5.32 Å². The van der Waals surface area contributed by atoms with Gasteiger partial charge in [0.25, 0.3) is 0 Å². The molecule has 124 valence electrons. The zero-order chi connectivity index (χ0) is 17.1. The first-order valence-electron chi connectivity index (χ1n) is 7.91. The Kier molecular flexibility index (Phi) is 4.60. The highest BCUT2D eigenvalue weighted by molar-refractivity contribution is 5.97. The van der Waals surface area contributed by atoms with Crippen LogP contribution >= 0.6 is 0 Å². The second-order valence-electron chi connectivity index (χ2n) is 6.11. The summed E-state index contributed by atoms with van der Waals surface area (Å²) in [5.41, 5.74) is 2.28. The van der Waals surface area contributed by atoms with Crippen LogP contribution in [0.4, 0.5) is 10.1 Å². The number of carbonyl (C=O) groups is 2. The number of nitrogens with zero attached hydrogens (tertiary/aromatic N) is 1. The molecular formula is C19H19FN2O2. The molecule has 1 heterocycles. The van der Waals surface area contributed by atoms with Crippen molar-refractivity contribution in [1.82, 2.24) is 4.90 Å². The molecule has 0 aliphatic carbocycles. The van der Waals surface area contributed by atoms with Crippen molar-refractivity contribution < 1.29 is 14.0 Å². The predicted octanol–water partition coefficient (Wildman–Crippen LogP) is 3.12. The number of anilines is 1. The van der Waals surface area contributed by atoms with Crippen molar-refractivity contribution in [1.29, 1.82) is 0 Å². The van der Waals surface area contributed by atoms with Crippen molar-refractivity contribution in [2.24, 2.45) is 5.92 Å². The summed E-state index contributed by atoms with van der Waals surface area (Å²) in [6.45, 7) is 2.65. The quantitative estimate of drug-likeness (QED) is 0.938. The van der Waals surface area contributed by atoms with Crippen LogP contribution in [0.1, 0.15) is 17.5 Å². The monoisotopic (exact) mass is 326 g/mol. The zero-order valence-electron chi connectivity index (χ0n) is 13.5. The van der Waals surface area contributed by atoms with Gasteiger partial charge in [0.1, 0.15) is 5.82 Å². The molecule has 1 fully saturated rings. The zero-order valence-corrected chi connectivity index (χ0v) is 13.5. The molecule has 0 bridgehead atoms. The van der Waals surface area contributed by atoms with E-state index in [0.29, 0.717) is 24.3 Å². The Morgan fingerprint density at radius 2 is 2.00 bits per heavy atom. The van der Waals surface area contributed by atoms with Gasteiger partial charge in [-0.1, -0.05) is 30.3 Å². The molecule has 0 unspecified atom stereocenters. The van der Waals surface area contributed by atoms with Gasteiger partial charge in [0.2, 0.25) is 11.8 Å². The van der Waals surface area contributed by atoms with Gasteiger partial charge in [0, 0.05) is 25.2 Å². The lowest BCUT2D eigenvalue weighted by atomic mass is 10.1. The summed E-state index contributed by atoms with van der Waals surface area (Å²) in [5, 5.41) is 2.80. The molecule has 5 heteroatoms. The van der Waals surface area contributed by atoms with Gasteiger partial charge < -0.3 is 10.2 Å². The van der Waals surface area contributed by atoms with Crippen LogP contribution < -0.4 is 5.32 Å². The van der Waals surface area contributed by atoms with Crippen molar-refractivity contribution in [3.8, 4) is 0 Å². The number of hydrogen-bond acceptors (Lipinski definition) is 2. The fourth-order valence-corrected chi connectivity index (χ4v) is 2.91. The minimum absolute atomic E-state index is 0.0187.